The van der Waals surface area contributed by atoms with E-state index in [9.17, 15) is 19.8 Å². The van der Waals surface area contributed by atoms with Gasteiger partial charge in [-0.05, 0) is 47.3 Å². The molecule has 1 fully saturated rings. The van der Waals surface area contributed by atoms with E-state index in [4.69, 9.17) is 14.2 Å². The molecule has 1 amide bonds. The van der Waals surface area contributed by atoms with Crippen LogP contribution < -0.4 is 14.2 Å². The molecule has 33 heavy (non-hydrogen) atoms. The Morgan fingerprint density at radius 3 is 2.73 bits per heavy atom. The molecule has 0 saturated carbocycles. The van der Waals surface area contributed by atoms with E-state index in [0.29, 0.717) is 22.6 Å². The lowest BCUT2D eigenvalue weighted by Gasteiger charge is -2.25. The topological polar surface area (TPSA) is 106 Å². The van der Waals surface area contributed by atoms with Crippen LogP contribution in [0.4, 0.5) is 0 Å². The highest BCUT2D eigenvalue weighted by atomic mass is 32.1. The summed E-state index contributed by atoms with van der Waals surface area (Å²) in [5.74, 6) is -0.748. The van der Waals surface area contributed by atoms with Gasteiger partial charge in [0.1, 0.15) is 5.76 Å². The third-order valence-electron chi connectivity index (χ3n) is 5.61. The molecule has 1 aromatic heterocycles. The number of phenols is 1. The molecular weight excluding hydrogens is 446 g/mol. The minimum absolute atomic E-state index is 0.0526. The van der Waals surface area contributed by atoms with Crippen LogP contribution in [-0.2, 0) is 16.1 Å². The quantitative estimate of drug-likeness (QED) is 0.335. The Labute approximate surface area is 192 Å². The molecular formula is C24H19NO7S. The first-order valence-electron chi connectivity index (χ1n) is 10.1. The van der Waals surface area contributed by atoms with Crippen molar-refractivity contribution >= 4 is 28.8 Å². The molecule has 2 N–H and O–H groups in total. The van der Waals surface area contributed by atoms with Crippen molar-refractivity contribution in [2.75, 3.05) is 13.9 Å². The average Bonchev–Trinajstić information content (AvgIpc) is 3.56. The molecule has 1 unspecified atom stereocenters. The van der Waals surface area contributed by atoms with Gasteiger partial charge in [0, 0.05) is 10.4 Å². The van der Waals surface area contributed by atoms with Crippen molar-refractivity contribution in [1.29, 1.82) is 0 Å². The SMILES string of the molecule is COc1cc(C2/C(=C(\O)c3ccc4c(c3)OCO4)C(=O)C(=O)N2Cc2cccs2)ccc1O. The van der Waals surface area contributed by atoms with Gasteiger partial charge in [-0.1, -0.05) is 12.1 Å². The molecule has 3 heterocycles. The number of aliphatic hydroxyl groups excluding tert-OH is 1. The highest BCUT2D eigenvalue weighted by molar-refractivity contribution is 7.09. The summed E-state index contributed by atoms with van der Waals surface area (Å²) in [5.41, 5.74) is 0.787. The van der Waals surface area contributed by atoms with Gasteiger partial charge in [-0.3, -0.25) is 9.59 Å². The molecule has 2 aromatic carbocycles. The summed E-state index contributed by atoms with van der Waals surface area (Å²) in [5, 5.41) is 23.1. The number of aliphatic hydroxyl groups is 1. The molecule has 0 bridgehead atoms. The molecule has 3 aromatic rings. The fourth-order valence-electron chi connectivity index (χ4n) is 4.02. The number of benzene rings is 2. The third kappa shape index (κ3) is 3.56. The molecule has 168 valence electrons. The van der Waals surface area contributed by atoms with Crippen LogP contribution in [0.5, 0.6) is 23.0 Å². The van der Waals surface area contributed by atoms with Crippen LogP contribution in [0.2, 0.25) is 0 Å². The second-order valence-corrected chi connectivity index (χ2v) is 8.54. The van der Waals surface area contributed by atoms with E-state index < -0.39 is 17.7 Å². The summed E-state index contributed by atoms with van der Waals surface area (Å²) < 4.78 is 15.9. The predicted octanol–water partition coefficient (Wildman–Crippen LogP) is 3.81. The fourth-order valence-corrected chi connectivity index (χ4v) is 4.73. The summed E-state index contributed by atoms with van der Waals surface area (Å²) in [6.45, 7) is 0.256. The van der Waals surface area contributed by atoms with Crippen molar-refractivity contribution in [1.82, 2.24) is 4.90 Å². The predicted molar refractivity (Wildman–Crippen MR) is 119 cm³/mol. The number of amides is 1. The molecule has 8 nitrogen and oxygen atoms in total. The fraction of sp³-hybridized carbons (Fsp3) is 0.167. The lowest BCUT2D eigenvalue weighted by Crippen LogP contribution is -2.28. The lowest BCUT2D eigenvalue weighted by atomic mass is 9.95. The number of rotatable bonds is 5. The van der Waals surface area contributed by atoms with Crippen molar-refractivity contribution in [3.63, 3.8) is 0 Å². The van der Waals surface area contributed by atoms with Crippen molar-refractivity contribution in [2.45, 2.75) is 12.6 Å². The number of ether oxygens (including phenoxy) is 3. The van der Waals surface area contributed by atoms with Gasteiger partial charge >= 0.3 is 0 Å². The van der Waals surface area contributed by atoms with Gasteiger partial charge in [-0.25, -0.2) is 0 Å². The van der Waals surface area contributed by atoms with E-state index >= 15 is 0 Å². The van der Waals surface area contributed by atoms with Crippen LogP contribution in [0.3, 0.4) is 0 Å². The Bertz CT molecular complexity index is 1280. The number of likely N-dealkylation sites (tertiary alicyclic amines) is 1. The Balaban J connectivity index is 1.66. The molecule has 2 aliphatic rings. The zero-order valence-corrected chi connectivity index (χ0v) is 18.3. The first kappa shape index (κ1) is 20.9. The first-order chi connectivity index (χ1) is 16.0. The molecule has 0 aliphatic carbocycles. The van der Waals surface area contributed by atoms with Crippen LogP contribution in [0.1, 0.15) is 22.0 Å². The number of nitrogens with zero attached hydrogens (tertiary/aromatic N) is 1. The number of aromatic hydroxyl groups is 1. The van der Waals surface area contributed by atoms with Gasteiger partial charge in [0.05, 0.1) is 25.3 Å². The van der Waals surface area contributed by atoms with Crippen molar-refractivity contribution in [2.24, 2.45) is 0 Å². The van der Waals surface area contributed by atoms with Crippen LogP contribution >= 0.6 is 11.3 Å². The number of methoxy groups -OCH3 is 1. The van der Waals surface area contributed by atoms with E-state index in [1.165, 1.54) is 29.4 Å². The normalized spacial score (nSPS) is 18.7. The zero-order chi connectivity index (χ0) is 23.1. The van der Waals surface area contributed by atoms with Crippen molar-refractivity contribution in [3.05, 3.63) is 75.5 Å². The van der Waals surface area contributed by atoms with Crippen molar-refractivity contribution < 1.29 is 34.0 Å². The first-order valence-corrected chi connectivity index (χ1v) is 10.9. The molecule has 1 saturated heterocycles. The number of thiophene rings is 1. The van der Waals surface area contributed by atoms with Gasteiger partial charge in [-0.2, -0.15) is 0 Å². The number of phenolic OH excluding ortho intramolecular Hbond substituents is 1. The Morgan fingerprint density at radius 1 is 1.15 bits per heavy atom. The van der Waals surface area contributed by atoms with Crippen LogP contribution in [0.15, 0.2) is 59.5 Å². The summed E-state index contributed by atoms with van der Waals surface area (Å²) in [4.78, 5) is 28.5. The number of ketones is 1. The van der Waals surface area contributed by atoms with E-state index in [0.717, 1.165) is 4.88 Å². The molecule has 2 aliphatic heterocycles. The standard InChI is InChI=1S/C24H19NO7S/c1-30-18-9-13(4-6-16(18)26)21-20(22(27)14-5-7-17-19(10-14)32-12-31-17)23(28)24(29)25(21)11-15-3-2-8-33-15/h2-10,21,26-27H,11-12H2,1H3/b22-20+. The zero-order valence-electron chi connectivity index (χ0n) is 17.5. The highest BCUT2D eigenvalue weighted by Crippen LogP contribution is 2.43. The third-order valence-corrected chi connectivity index (χ3v) is 6.47. The van der Waals surface area contributed by atoms with Crippen LogP contribution in [0, 0.1) is 0 Å². The monoisotopic (exact) mass is 465 g/mol. The van der Waals surface area contributed by atoms with E-state index in [2.05, 4.69) is 0 Å². The summed E-state index contributed by atoms with van der Waals surface area (Å²) in [6, 6.07) is 12.2. The number of hydrogen-bond acceptors (Lipinski definition) is 8. The average molecular weight is 465 g/mol. The number of hydrogen-bond donors (Lipinski definition) is 2. The van der Waals surface area contributed by atoms with Gasteiger partial charge in [-0.15, -0.1) is 11.3 Å². The largest absolute Gasteiger partial charge is 0.507 e. The smallest absolute Gasteiger partial charge is 0.295 e. The van der Waals surface area contributed by atoms with Crippen molar-refractivity contribution in [3.8, 4) is 23.0 Å². The second kappa shape index (κ2) is 8.18. The Kier molecular flexibility index (Phi) is 5.18. The summed E-state index contributed by atoms with van der Waals surface area (Å²) in [7, 11) is 1.41. The number of Topliss-reactive ketones (excluding diaryl/α,β-unsaturated/α-hetero) is 1. The van der Waals surface area contributed by atoms with Crippen LogP contribution in [-0.4, -0.2) is 40.7 Å². The molecule has 5 rings (SSSR count). The van der Waals surface area contributed by atoms with E-state index in [1.807, 2.05) is 17.5 Å². The van der Waals surface area contributed by atoms with Gasteiger partial charge in [0.25, 0.3) is 11.7 Å². The minimum atomic E-state index is -0.882. The Hall–Kier alpha value is -3.98. The maximum atomic E-state index is 13.2. The molecule has 0 spiro atoms. The van der Waals surface area contributed by atoms with Gasteiger partial charge < -0.3 is 29.3 Å². The molecule has 1 atom stereocenters. The number of fused-ring (bicyclic) bond motifs is 1. The number of carbonyl (C=O) groups excluding carboxylic acids is 2. The summed E-state index contributed by atoms with van der Waals surface area (Å²) >= 11 is 1.46. The molecule has 0 radical (unpaired) electrons. The summed E-state index contributed by atoms with van der Waals surface area (Å²) in [6.07, 6.45) is 0. The maximum absolute atomic E-state index is 13.2. The minimum Gasteiger partial charge on any atom is -0.507 e. The van der Waals surface area contributed by atoms with Gasteiger partial charge in [0.2, 0.25) is 6.79 Å². The van der Waals surface area contributed by atoms with Gasteiger partial charge in [0.15, 0.2) is 23.0 Å². The Morgan fingerprint density at radius 2 is 1.97 bits per heavy atom. The lowest BCUT2D eigenvalue weighted by molar-refractivity contribution is -0.140. The van der Waals surface area contributed by atoms with E-state index in [-0.39, 0.29) is 36.2 Å². The number of carbonyl (C=O) groups is 2. The highest BCUT2D eigenvalue weighted by Gasteiger charge is 2.46. The molecule has 9 heteroatoms. The maximum Gasteiger partial charge on any atom is 0.295 e. The van der Waals surface area contributed by atoms with E-state index in [1.54, 1.807) is 30.3 Å². The second-order valence-electron chi connectivity index (χ2n) is 7.51. The van der Waals surface area contributed by atoms with Crippen LogP contribution in [0.25, 0.3) is 5.76 Å².